The monoisotopic (exact) mass is 346 g/mol. The standard InChI is InChI=1S/C19H14N4O3/c24-18(25)13-7-5-12(6-8-13)17-10-9-14(26-17)11-20-23-19-21-15-3-1-2-4-16(15)22-19/h1-11H,(H,24,25)(H2,21,22,23)/b20-11-. The number of carboxylic acids is 1. The Bertz CT molecular complexity index is 1060. The molecule has 2 aromatic heterocycles. The highest BCUT2D eigenvalue weighted by Gasteiger charge is 2.06. The number of rotatable bonds is 5. The Hall–Kier alpha value is -3.87. The molecule has 0 aliphatic rings. The van der Waals surface area contributed by atoms with Crippen molar-refractivity contribution in [2.24, 2.45) is 5.10 Å². The number of hydrazone groups is 1. The van der Waals surface area contributed by atoms with Crippen LogP contribution >= 0.6 is 0 Å². The number of para-hydroxylation sites is 2. The van der Waals surface area contributed by atoms with Gasteiger partial charge >= 0.3 is 5.97 Å². The Morgan fingerprint density at radius 3 is 2.69 bits per heavy atom. The molecule has 0 aliphatic carbocycles. The number of benzene rings is 2. The van der Waals surface area contributed by atoms with Crippen LogP contribution in [0.3, 0.4) is 0 Å². The first-order chi connectivity index (χ1) is 12.7. The summed E-state index contributed by atoms with van der Waals surface area (Å²) in [5, 5.41) is 13.0. The minimum atomic E-state index is -0.958. The van der Waals surface area contributed by atoms with Crippen LogP contribution in [-0.4, -0.2) is 27.3 Å². The molecule has 0 saturated carbocycles. The lowest BCUT2D eigenvalue weighted by Gasteiger charge is -1.98. The lowest BCUT2D eigenvalue weighted by molar-refractivity contribution is 0.0697. The van der Waals surface area contributed by atoms with Crippen LogP contribution in [0.5, 0.6) is 0 Å². The second-order valence-corrected chi connectivity index (χ2v) is 5.56. The van der Waals surface area contributed by atoms with Crippen LogP contribution < -0.4 is 5.43 Å². The molecule has 0 fully saturated rings. The number of anilines is 1. The zero-order valence-electron chi connectivity index (χ0n) is 13.5. The third-order valence-electron chi connectivity index (χ3n) is 3.79. The van der Waals surface area contributed by atoms with E-state index < -0.39 is 5.97 Å². The lowest BCUT2D eigenvalue weighted by Crippen LogP contribution is -1.94. The van der Waals surface area contributed by atoms with Crippen LogP contribution in [0.4, 0.5) is 5.95 Å². The summed E-state index contributed by atoms with van der Waals surface area (Å²) in [5.74, 6) is 0.775. The van der Waals surface area contributed by atoms with E-state index in [1.54, 1.807) is 30.5 Å². The van der Waals surface area contributed by atoms with Gasteiger partial charge in [0.25, 0.3) is 0 Å². The molecule has 0 aliphatic heterocycles. The number of aromatic amines is 1. The second kappa shape index (κ2) is 6.56. The molecule has 2 aromatic carbocycles. The fourth-order valence-corrected chi connectivity index (χ4v) is 2.52. The number of aromatic carboxylic acids is 1. The zero-order chi connectivity index (χ0) is 17.9. The summed E-state index contributed by atoms with van der Waals surface area (Å²) >= 11 is 0. The average Bonchev–Trinajstić information content (AvgIpc) is 3.28. The minimum absolute atomic E-state index is 0.233. The average molecular weight is 346 g/mol. The van der Waals surface area contributed by atoms with Gasteiger partial charge in [0.05, 0.1) is 22.8 Å². The quantitative estimate of drug-likeness (QED) is 0.375. The largest absolute Gasteiger partial charge is 0.478 e. The van der Waals surface area contributed by atoms with Crippen molar-refractivity contribution < 1.29 is 14.3 Å². The van der Waals surface area contributed by atoms with Gasteiger partial charge in [-0.2, -0.15) is 5.10 Å². The summed E-state index contributed by atoms with van der Waals surface area (Å²) in [6, 6.07) is 17.8. The van der Waals surface area contributed by atoms with Gasteiger partial charge in [-0.1, -0.05) is 24.3 Å². The zero-order valence-corrected chi connectivity index (χ0v) is 13.5. The number of nitrogens with zero attached hydrogens (tertiary/aromatic N) is 2. The molecule has 26 heavy (non-hydrogen) atoms. The molecular formula is C19H14N4O3. The molecule has 0 spiro atoms. The molecule has 0 atom stereocenters. The van der Waals surface area contributed by atoms with Crippen molar-refractivity contribution in [3.63, 3.8) is 0 Å². The third kappa shape index (κ3) is 3.18. The van der Waals surface area contributed by atoms with E-state index in [0.717, 1.165) is 16.6 Å². The number of hydrogen-bond donors (Lipinski definition) is 3. The normalized spacial score (nSPS) is 11.2. The molecule has 0 saturated heterocycles. The van der Waals surface area contributed by atoms with Gasteiger partial charge in [-0.15, -0.1) is 0 Å². The molecule has 2 heterocycles. The van der Waals surface area contributed by atoms with Crippen molar-refractivity contribution in [2.45, 2.75) is 0 Å². The molecule has 7 heteroatoms. The van der Waals surface area contributed by atoms with Gasteiger partial charge in [-0.25, -0.2) is 15.2 Å². The predicted octanol–water partition coefficient (Wildman–Crippen LogP) is 3.97. The van der Waals surface area contributed by atoms with Gasteiger partial charge in [0.1, 0.15) is 11.5 Å². The maximum absolute atomic E-state index is 10.9. The third-order valence-corrected chi connectivity index (χ3v) is 3.79. The summed E-state index contributed by atoms with van der Waals surface area (Å²) in [6.45, 7) is 0. The first-order valence-corrected chi connectivity index (χ1v) is 7.86. The van der Waals surface area contributed by atoms with Crippen molar-refractivity contribution in [1.29, 1.82) is 0 Å². The van der Waals surface area contributed by atoms with Gasteiger partial charge in [-0.3, -0.25) is 0 Å². The first-order valence-electron chi connectivity index (χ1n) is 7.86. The van der Waals surface area contributed by atoms with Crippen molar-refractivity contribution in [1.82, 2.24) is 9.97 Å². The van der Waals surface area contributed by atoms with E-state index in [2.05, 4.69) is 20.5 Å². The summed E-state index contributed by atoms with van der Waals surface area (Å²) < 4.78 is 5.70. The van der Waals surface area contributed by atoms with E-state index in [1.165, 1.54) is 12.1 Å². The highest BCUT2D eigenvalue weighted by molar-refractivity contribution is 5.88. The van der Waals surface area contributed by atoms with Crippen molar-refractivity contribution in [3.05, 3.63) is 72.0 Å². The number of imidazole rings is 1. The summed E-state index contributed by atoms with van der Waals surface area (Å²) in [4.78, 5) is 18.4. The van der Waals surface area contributed by atoms with Crippen molar-refractivity contribution >= 4 is 29.2 Å². The van der Waals surface area contributed by atoms with Crippen LogP contribution in [0.1, 0.15) is 16.1 Å². The van der Waals surface area contributed by atoms with Gasteiger partial charge in [0, 0.05) is 5.56 Å². The molecular weight excluding hydrogens is 332 g/mol. The van der Waals surface area contributed by atoms with E-state index in [4.69, 9.17) is 9.52 Å². The Labute approximate surface area is 148 Å². The molecule has 0 radical (unpaired) electrons. The molecule has 0 bridgehead atoms. The summed E-state index contributed by atoms with van der Waals surface area (Å²) in [5.41, 5.74) is 5.64. The smallest absolute Gasteiger partial charge is 0.335 e. The number of carbonyl (C=O) groups is 1. The Morgan fingerprint density at radius 1 is 1.12 bits per heavy atom. The van der Waals surface area contributed by atoms with Crippen LogP contribution in [0, 0.1) is 0 Å². The molecule has 128 valence electrons. The Kier molecular flexibility index (Phi) is 3.95. The van der Waals surface area contributed by atoms with E-state index >= 15 is 0 Å². The molecule has 3 N–H and O–H groups in total. The highest BCUT2D eigenvalue weighted by atomic mass is 16.4. The highest BCUT2D eigenvalue weighted by Crippen LogP contribution is 2.22. The molecule has 4 rings (SSSR count). The number of furan rings is 1. The number of aromatic nitrogens is 2. The van der Waals surface area contributed by atoms with Gasteiger partial charge < -0.3 is 14.5 Å². The SMILES string of the molecule is O=C(O)c1ccc(-c2ccc(/C=N\Nc3nc4ccccc4[nH]3)o2)cc1. The van der Waals surface area contributed by atoms with Crippen LogP contribution in [-0.2, 0) is 0 Å². The number of nitrogens with one attached hydrogen (secondary N) is 2. The molecule has 4 aromatic rings. The topological polar surface area (TPSA) is 104 Å². The second-order valence-electron chi connectivity index (χ2n) is 5.56. The molecule has 7 nitrogen and oxygen atoms in total. The van der Waals surface area contributed by atoms with E-state index in [9.17, 15) is 4.79 Å². The molecule has 0 unspecified atom stereocenters. The van der Waals surface area contributed by atoms with Gasteiger partial charge in [0.2, 0.25) is 5.95 Å². The summed E-state index contributed by atoms with van der Waals surface area (Å²) in [7, 11) is 0. The maximum Gasteiger partial charge on any atom is 0.335 e. The van der Waals surface area contributed by atoms with Gasteiger partial charge in [0.15, 0.2) is 0 Å². The number of hydrogen-bond acceptors (Lipinski definition) is 5. The first kappa shape index (κ1) is 15.6. The van der Waals surface area contributed by atoms with E-state index in [1.807, 2.05) is 24.3 Å². The fraction of sp³-hybridized carbons (Fsp3) is 0. The fourth-order valence-electron chi connectivity index (χ4n) is 2.52. The number of H-pyrrole nitrogens is 1. The van der Waals surface area contributed by atoms with E-state index in [-0.39, 0.29) is 5.56 Å². The summed E-state index contributed by atoms with van der Waals surface area (Å²) in [6.07, 6.45) is 1.54. The maximum atomic E-state index is 10.9. The van der Waals surface area contributed by atoms with Crippen molar-refractivity contribution in [3.8, 4) is 11.3 Å². The number of fused-ring (bicyclic) bond motifs is 1. The number of carboxylic acid groups (broad SMARTS) is 1. The van der Waals surface area contributed by atoms with Crippen LogP contribution in [0.15, 0.2) is 70.2 Å². The lowest BCUT2D eigenvalue weighted by atomic mass is 10.1. The Balaban J connectivity index is 1.45. The molecule has 0 amide bonds. The van der Waals surface area contributed by atoms with Crippen LogP contribution in [0.2, 0.25) is 0 Å². The van der Waals surface area contributed by atoms with Crippen LogP contribution in [0.25, 0.3) is 22.4 Å². The minimum Gasteiger partial charge on any atom is -0.478 e. The van der Waals surface area contributed by atoms with Crippen molar-refractivity contribution in [2.75, 3.05) is 5.43 Å². The predicted molar refractivity (Wildman–Crippen MR) is 98.4 cm³/mol. The van der Waals surface area contributed by atoms with E-state index in [0.29, 0.717) is 17.5 Å². The van der Waals surface area contributed by atoms with Gasteiger partial charge in [-0.05, 0) is 36.4 Å². The Morgan fingerprint density at radius 2 is 1.92 bits per heavy atom.